The van der Waals surface area contributed by atoms with E-state index in [4.69, 9.17) is 0 Å². The van der Waals surface area contributed by atoms with Crippen LogP contribution < -0.4 is 0 Å². The van der Waals surface area contributed by atoms with Gasteiger partial charge >= 0.3 is 0 Å². The lowest BCUT2D eigenvalue weighted by atomic mass is 10.4. The average Bonchev–Trinajstić information content (AvgIpc) is 3.14. The van der Waals surface area contributed by atoms with E-state index in [2.05, 4.69) is 25.3 Å². The first-order chi connectivity index (χ1) is 9.76. The van der Waals surface area contributed by atoms with Crippen LogP contribution in [0.25, 0.3) is 28.2 Å². The van der Waals surface area contributed by atoms with E-state index in [1.807, 2.05) is 30.9 Å². The minimum absolute atomic E-state index is 0.593. The largest absolute Gasteiger partial charge is 0.272 e. The van der Waals surface area contributed by atoms with Crippen LogP contribution in [0.15, 0.2) is 24.8 Å². The molecule has 20 heavy (non-hydrogen) atoms. The summed E-state index contributed by atoms with van der Waals surface area (Å²) >= 11 is 0. The number of hydrogen-bond acceptors (Lipinski definition) is 5. The molecule has 0 saturated heterocycles. The van der Waals surface area contributed by atoms with Crippen LogP contribution in [0.5, 0.6) is 0 Å². The van der Waals surface area contributed by atoms with Crippen molar-refractivity contribution >= 4 is 16.7 Å². The molecule has 0 bridgehead atoms. The third kappa shape index (κ3) is 1.44. The van der Waals surface area contributed by atoms with Gasteiger partial charge in [0.2, 0.25) is 5.82 Å². The number of fused-ring (bicyclic) bond motifs is 3. The first-order valence-electron chi connectivity index (χ1n) is 6.33. The second-order valence-corrected chi connectivity index (χ2v) is 4.51. The molecular formula is C12H12N8. The molecule has 8 nitrogen and oxygen atoms in total. The summed E-state index contributed by atoms with van der Waals surface area (Å²) in [5.41, 5.74) is 2.28. The Labute approximate surface area is 113 Å². The van der Waals surface area contributed by atoms with Crippen molar-refractivity contribution in [1.82, 2.24) is 39.1 Å². The first-order valence-corrected chi connectivity index (χ1v) is 6.33. The summed E-state index contributed by atoms with van der Waals surface area (Å²) in [6.45, 7) is 2.86. The van der Waals surface area contributed by atoms with Crippen molar-refractivity contribution in [3.63, 3.8) is 0 Å². The Hall–Kier alpha value is -2.77. The summed E-state index contributed by atoms with van der Waals surface area (Å²) in [7, 11) is 1.85. The zero-order valence-corrected chi connectivity index (χ0v) is 11.1. The van der Waals surface area contributed by atoms with Gasteiger partial charge in [0.1, 0.15) is 12.0 Å². The van der Waals surface area contributed by atoms with Crippen LogP contribution in [-0.2, 0) is 13.6 Å². The Kier molecular flexibility index (Phi) is 2.14. The van der Waals surface area contributed by atoms with Gasteiger partial charge in [-0.3, -0.25) is 9.36 Å². The maximum absolute atomic E-state index is 4.55. The summed E-state index contributed by atoms with van der Waals surface area (Å²) in [5, 5.41) is 13.9. The van der Waals surface area contributed by atoms with Gasteiger partial charge < -0.3 is 0 Å². The predicted molar refractivity (Wildman–Crippen MR) is 71.9 cm³/mol. The molecule has 0 radical (unpaired) electrons. The van der Waals surface area contributed by atoms with Crippen molar-refractivity contribution in [2.45, 2.75) is 13.5 Å². The summed E-state index contributed by atoms with van der Waals surface area (Å²) in [6, 6.07) is 1.91. The predicted octanol–water partition coefficient (Wildman–Crippen LogP) is 0.894. The molecule has 0 aromatic carbocycles. The number of nitrogens with zero attached hydrogens (tertiary/aromatic N) is 8. The number of aromatic nitrogens is 8. The third-order valence-corrected chi connectivity index (χ3v) is 3.26. The smallest absolute Gasteiger partial charge is 0.202 e. The highest BCUT2D eigenvalue weighted by molar-refractivity contribution is 5.88. The number of rotatable bonds is 2. The van der Waals surface area contributed by atoms with Crippen LogP contribution in [0.4, 0.5) is 0 Å². The Bertz CT molecular complexity index is 912. The van der Waals surface area contributed by atoms with Crippen molar-refractivity contribution in [3.05, 3.63) is 24.8 Å². The van der Waals surface area contributed by atoms with Gasteiger partial charge in [-0.1, -0.05) is 0 Å². The molecule has 0 aliphatic heterocycles. The molecule has 100 valence electrons. The maximum Gasteiger partial charge on any atom is 0.202 e. The van der Waals surface area contributed by atoms with E-state index in [-0.39, 0.29) is 0 Å². The Balaban J connectivity index is 1.95. The number of aryl methyl sites for hydroxylation is 2. The van der Waals surface area contributed by atoms with Gasteiger partial charge in [0.05, 0.1) is 11.6 Å². The van der Waals surface area contributed by atoms with Crippen LogP contribution in [0.2, 0.25) is 0 Å². The van der Waals surface area contributed by atoms with Gasteiger partial charge in [0, 0.05) is 19.8 Å². The van der Waals surface area contributed by atoms with Gasteiger partial charge in [0.25, 0.3) is 0 Å². The average molecular weight is 268 g/mol. The summed E-state index contributed by atoms with van der Waals surface area (Å²) in [5.74, 6) is 0.593. The minimum atomic E-state index is 0.593. The fourth-order valence-corrected chi connectivity index (χ4v) is 2.20. The molecule has 4 aromatic rings. The summed E-state index contributed by atoms with van der Waals surface area (Å²) in [4.78, 5) is 8.89. The second kappa shape index (κ2) is 3.86. The maximum atomic E-state index is 4.55. The molecule has 0 aliphatic carbocycles. The van der Waals surface area contributed by atoms with Gasteiger partial charge in [-0.25, -0.2) is 14.5 Å². The minimum Gasteiger partial charge on any atom is -0.272 e. The van der Waals surface area contributed by atoms with E-state index in [0.717, 1.165) is 28.9 Å². The van der Waals surface area contributed by atoms with E-state index in [1.54, 1.807) is 21.7 Å². The lowest BCUT2D eigenvalue weighted by Crippen LogP contribution is -1.95. The molecular weight excluding hydrogens is 256 g/mol. The molecule has 0 N–H and O–H groups in total. The van der Waals surface area contributed by atoms with Crippen LogP contribution in [0.3, 0.4) is 0 Å². The first kappa shape index (κ1) is 11.1. The highest BCUT2D eigenvalue weighted by atomic mass is 15.4. The highest BCUT2D eigenvalue weighted by Gasteiger charge is 2.13. The Morgan fingerprint density at radius 1 is 1.20 bits per heavy atom. The molecule has 4 rings (SSSR count). The Morgan fingerprint density at radius 2 is 2.10 bits per heavy atom. The molecule has 0 spiro atoms. The molecule has 0 amide bonds. The molecule has 0 aliphatic rings. The second-order valence-electron chi connectivity index (χ2n) is 4.51. The fourth-order valence-electron chi connectivity index (χ4n) is 2.20. The zero-order chi connectivity index (χ0) is 13.7. The van der Waals surface area contributed by atoms with Crippen molar-refractivity contribution in [3.8, 4) is 11.5 Å². The quantitative estimate of drug-likeness (QED) is 0.539. The van der Waals surface area contributed by atoms with Gasteiger partial charge in [-0.2, -0.15) is 10.2 Å². The normalized spacial score (nSPS) is 11.7. The van der Waals surface area contributed by atoms with Crippen molar-refractivity contribution in [1.29, 1.82) is 0 Å². The molecule has 0 saturated carbocycles. The van der Waals surface area contributed by atoms with Gasteiger partial charge in [-0.05, 0) is 13.0 Å². The zero-order valence-electron chi connectivity index (χ0n) is 11.1. The van der Waals surface area contributed by atoms with Crippen molar-refractivity contribution < 1.29 is 0 Å². The van der Waals surface area contributed by atoms with Crippen LogP contribution >= 0.6 is 0 Å². The monoisotopic (exact) mass is 268 g/mol. The van der Waals surface area contributed by atoms with Crippen molar-refractivity contribution in [2.75, 3.05) is 0 Å². The van der Waals surface area contributed by atoms with E-state index in [0.29, 0.717) is 5.82 Å². The van der Waals surface area contributed by atoms with E-state index in [9.17, 15) is 0 Å². The molecule has 0 fully saturated rings. The van der Waals surface area contributed by atoms with E-state index in [1.165, 1.54) is 0 Å². The van der Waals surface area contributed by atoms with Gasteiger partial charge in [0.15, 0.2) is 11.3 Å². The highest BCUT2D eigenvalue weighted by Crippen LogP contribution is 2.19. The van der Waals surface area contributed by atoms with E-state index >= 15 is 0 Å². The molecule has 4 aromatic heterocycles. The van der Waals surface area contributed by atoms with Crippen LogP contribution in [0.1, 0.15) is 6.92 Å². The molecule has 0 unspecified atom stereocenters. The fraction of sp³-hybridized carbons (Fsp3) is 0.250. The Morgan fingerprint density at radius 3 is 2.90 bits per heavy atom. The molecule has 0 atom stereocenters. The molecule has 4 heterocycles. The lowest BCUT2D eigenvalue weighted by molar-refractivity contribution is 0.661. The molecule has 8 heteroatoms. The summed E-state index contributed by atoms with van der Waals surface area (Å²) < 4.78 is 5.22. The van der Waals surface area contributed by atoms with E-state index < -0.39 is 0 Å². The van der Waals surface area contributed by atoms with Gasteiger partial charge in [-0.15, -0.1) is 5.10 Å². The summed E-state index contributed by atoms with van der Waals surface area (Å²) in [6.07, 6.45) is 5.31. The standard InChI is InChI=1S/C12H12N8/c1-3-19-5-4-9(16-19)10-15-12-8-6-14-18(2)11(8)13-7-20(12)17-10/h4-7H,3H2,1-2H3. The van der Waals surface area contributed by atoms with Crippen LogP contribution in [-0.4, -0.2) is 39.1 Å². The topological polar surface area (TPSA) is 78.7 Å². The van der Waals surface area contributed by atoms with Crippen molar-refractivity contribution in [2.24, 2.45) is 7.05 Å². The SMILES string of the molecule is CCn1ccc(-c2nc3c4cnn(C)c4ncn3n2)n1. The van der Waals surface area contributed by atoms with Crippen LogP contribution in [0, 0.1) is 0 Å². The third-order valence-electron chi connectivity index (χ3n) is 3.26. The lowest BCUT2D eigenvalue weighted by Gasteiger charge is -1.93. The number of hydrogen-bond donors (Lipinski definition) is 0.